The Morgan fingerprint density at radius 3 is 2.71 bits per heavy atom. The second-order valence-corrected chi connectivity index (χ2v) is 5.71. The highest BCUT2D eigenvalue weighted by molar-refractivity contribution is 5.79. The molecule has 3 atom stereocenters. The Balaban J connectivity index is 1.99. The third kappa shape index (κ3) is 2.46. The molecule has 0 aromatic rings. The monoisotopic (exact) mass is 241 g/mol. The Labute approximate surface area is 103 Å². The topological polar surface area (TPSA) is 69.8 Å². The molecular weight excluding hydrogens is 218 g/mol. The summed E-state index contributed by atoms with van der Waals surface area (Å²) in [5.41, 5.74) is 4.94. The zero-order valence-corrected chi connectivity index (χ0v) is 10.7. The van der Waals surface area contributed by atoms with Gasteiger partial charge in [-0.3, -0.25) is 9.69 Å². The summed E-state index contributed by atoms with van der Waals surface area (Å²) in [6.45, 7) is 5.36. The van der Waals surface area contributed by atoms with Gasteiger partial charge in [-0.05, 0) is 33.2 Å². The van der Waals surface area contributed by atoms with Crippen molar-refractivity contribution in [3.05, 3.63) is 0 Å². The van der Waals surface area contributed by atoms with E-state index in [1.165, 1.54) is 0 Å². The molecule has 5 heteroatoms. The Kier molecular flexibility index (Phi) is 3.43. The summed E-state index contributed by atoms with van der Waals surface area (Å²) < 4.78 is 0. The molecule has 0 bridgehead atoms. The maximum absolute atomic E-state index is 11.1. The van der Waals surface area contributed by atoms with Crippen LogP contribution in [0.1, 0.15) is 26.2 Å². The molecule has 3 unspecified atom stereocenters. The first kappa shape index (κ1) is 12.8. The summed E-state index contributed by atoms with van der Waals surface area (Å²) in [5.74, 6) is -0.846. The van der Waals surface area contributed by atoms with Gasteiger partial charge in [0.1, 0.15) is 5.54 Å². The fourth-order valence-corrected chi connectivity index (χ4v) is 3.22. The van der Waals surface area contributed by atoms with Crippen molar-refractivity contribution in [2.75, 3.05) is 26.7 Å². The molecule has 2 rings (SSSR count). The van der Waals surface area contributed by atoms with Gasteiger partial charge in [0.2, 0.25) is 0 Å². The molecule has 1 aliphatic heterocycles. The molecule has 0 spiro atoms. The largest absolute Gasteiger partial charge is 0.480 e. The van der Waals surface area contributed by atoms with Gasteiger partial charge in [-0.15, -0.1) is 0 Å². The minimum atomic E-state index is -0.992. The maximum Gasteiger partial charge on any atom is 0.323 e. The van der Waals surface area contributed by atoms with Crippen molar-refractivity contribution >= 4 is 5.97 Å². The average molecular weight is 241 g/mol. The molecule has 1 saturated carbocycles. The molecule has 0 aromatic carbocycles. The summed E-state index contributed by atoms with van der Waals surface area (Å²) >= 11 is 0. The van der Waals surface area contributed by atoms with Crippen LogP contribution in [0.4, 0.5) is 0 Å². The Morgan fingerprint density at radius 1 is 1.47 bits per heavy atom. The molecule has 0 aromatic heterocycles. The smallest absolute Gasteiger partial charge is 0.323 e. The van der Waals surface area contributed by atoms with Gasteiger partial charge in [-0.1, -0.05) is 0 Å². The number of nitrogens with two attached hydrogens (primary N) is 1. The lowest BCUT2D eigenvalue weighted by Gasteiger charge is -2.42. The number of carbonyl (C=O) groups is 1. The highest BCUT2D eigenvalue weighted by Crippen LogP contribution is 2.33. The van der Waals surface area contributed by atoms with Gasteiger partial charge in [0, 0.05) is 31.7 Å². The number of likely N-dealkylation sites (N-methyl/N-ethyl adjacent to an activating group) is 1. The van der Waals surface area contributed by atoms with Crippen LogP contribution in [-0.2, 0) is 4.79 Å². The van der Waals surface area contributed by atoms with Crippen LogP contribution in [0, 0.1) is 0 Å². The molecule has 1 saturated heterocycles. The number of carboxylic acid groups (broad SMARTS) is 1. The SMILES string of the molecule is CC1CN(C)CCN1C1CCC(N)(C(=O)O)C1. The van der Waals surface area contributed by atoms with Gasteiger partial charge in [0.05, 0.1) is 0 Å². The number of hydrogen-bond donors (Lipinski definition) is 2. The molecule has 98 valence electrons. The third-order valence-electron chi connectivity index (χ3n) is 4.30. The number of rotatable bonds is 2. The predicted molar refractivity (Wildman–Crippen MR) is 65.9 cm³/mol. The quantitative estimate of drug-likeness (QED) is 0.710. The van der Waals surface area contributed by atoms with Crippen LogP contribution in [-0.4, -0.2) is 65.2 Å². The molecule has 5 nitrogen and oxygen atoms in total. The molecule has 0 amide bonds. The van der Waals surface area contributed by atoms with Crippen molar-refractivity contribution in [1.29, 1.82) is 0 Å². The molecule has 3 N–H and O–H groups in total. The van der Waals surface area contributed by atoms with E-state index in [0.717, 1.165) is 26.1 Å². The van der Waals surface area contributed by atoms with Crippen LogP contribution in [0.5, 0.6) is 0 Å². The standard InChI is InChI=1S/C12H23N3O2/c1-9-8-14(2)5-6-15(9)10-3-4-12(13,7-10)11(16)17/h9-10H,3-8,13H2,1-2H3,(H,16,17). The average Bonchev–Trinajstić information content (AvgIpc) is 2.62. The van der Waals surface area contributed by atoms with E-state index in [2.05, 4.69) is 23.8 Å². The lowest BCUT2D eigenvalue weighted by Crippen LogP contribution is -2.55. The summed E-state index contributed by atoms with van der Waals surface area (Å²) in [4.78, 5) is 15.9. The second kappa shape index (κ2) is 4.55. The van der Waals surface area contributed by atoms with Crippen molar-refractivity contribution in [3.8, 4) is 0 Å². The van der Waals surface area contributed by atoms with Gasteiger partial charge in [-0.25, -0.2) is 0 Å². The van der Waals surface area contributed by atoms with E-state index >= 15 is 0 Å². The van der Waals surface area contributed by atoms with Crippen molar-refractivity contribution in [2.24, 2.45) is 5.73 Å². The van der Waals surface area contributed by atoms with Crippen LogP contribution in [0.3, 0.4) is 0 Å². The van der Waals surface area contributed by atoms with Crippen molar-refractivity contribution < 1.29 is 9.90 Å². The minimum absolute atomic E-state index is 0.347. The molecule has 17 heavy (non-hydrogen) atoms. The minimum Gasteiger partial charge on any atom is -0.480 e. The van der Waals surface area contributed by atoms with Crippen molar-refractivity contribution in [2.45, 2.75) is 43.8 Å². The van der Waals surface area contributed by atoms with E-state index in [1.54, 1.807) is 0 Å². The molecule has 0 radical (unpaired) electrons. The number of carboxylic acids is 1. The number of nitrogens with zero attached hydrogens (tertiary/aromatic N) is 2. The normalized spacial score (nSPS) is 40.6. The van der Waals surface area contributed by atoms with Gasteiger partial charge >= 0.3 is 5.97 Å². The van der Waals surface area contributed by atoms with Crippen molar-refractivity contribution in [3.63, 3.8) is 0 Å². The second-order valence-electron chi connectivity index (χ2n) is 5.71. The summed E-state index contributed by atoms with van der Waals surface area (Å²) in [6.07, 6.45) is 2.11. The molecule has 1 heterocycles. The summed E-state index contributed by atoms with van der Waals surface area (Å²) in [5, 5.41) is 9.14. The van der Waals surface area contributed by atoms with E-state index in [4.69, 9.17) is 10.8 Å². The van der Waals surface area contributed by atoms with E-state index in [0.29, 0.717) is 24.9 Å². The molecule has 2 fully saturated rings. The first-order valence-corrected chi connectivity index (χ1v) is 6.39. The van der Waals surface area contributed by atoms with Crippen LogP contribution in [0.25, 0.3) is 0 Å². The molecule has 1 aliphatic carbocycles. The Morgan fingerprint density at radius 2 is 2.18 bits per heavy atom. The number of aliphatic carboxylic acids is 1. The van der Waals surface area contributed by atoms with Crippen LogP contribution >= 0.6 is 0 Å². The fourth-order valence-electron chi connectivity index (χ4n) is 3.22. The predicted octanol–water partition coefficient (Wildman–Crippen LogP) is -0.0431. The highest BCUT2D eigenvalue weighted by Gasteiger charge is 2.45. The van der Waals surface area contributed by atoms with Gasteiger partial charge < -0.3 is 15.7 Å². The zero-order valence-electron chi connectivity index (χ0n) is 10.7. The Hall–Kier alpha value is -0.650. The third-order valence-corrected chi connectivity index (χ3v) is 4.30. The van der Waals surface area contributed by atoms with Crippen LogP contribution < -0.4 is 5.73 Å². The first-order valence-electron chi connectivity index (χ1n) is 6.39. The van der Waals surface area contributed by atoms with Crippen molar-refractivity contribution in [1.82, 2.24) is 9.80 Å². The van der Waals surface area contributed by atoms with E-state index in [1.807, 2.05) is 0 Å². The summed E-state index contributed by atoms with van der Waals surface area (Å²) in [7, 11) is 2.13. The van der Waals surface area contributed by atoms with Gasteiger partial charge in [0.15, 0.2) is 0 Å². The number of piperazine rings is 1. The zero-order chi connectivity index (χ0) is 12.6. The van der Waals surface area contributed by atoms with Crippen LogP contribution in [0.15, 0.2) is 0 Å². The Bertz CT molecular complexity index is 310. The first-order chi connectivity index (χ1) is 7.92. The molecule has 2 aliphatic rings. The van der Waals surface area contributed by atoms with E-state index in [-0.39, 0.29) is 0 Å². The van der Waals surface area contributed by atoms with Gasteiger partial charge in [-0.2, -0.15) is 0 Å². The van der Waals surface area contributed by atoms with E-state index in [9.17, 15) is 4.79 Å². The highest BCUT2D eigenvalue weighted by atomic mass is 16.4. The van der Waals surface area contributed by atoms with Gasteiger partial charge in [0.25, 0.3) is 0 Å². The summed E-state index contributed by atoms with van der Waals surface area (Å²) in [6, 6.07) is 0.842. The van der Waals surface area contributed by atoms with E-state index < -0.39 is 11.5 Å². The fraction of sp³-hybridized carbons (Fsp3) is 0.917. The number of hydrogen-bond acceptors (Lipinski definition) is 4. The molecular formula is C12H23N3O2. The lowest BCUT2D eigenvalue weighted by atomic mass is 9.98. The lowest BCUT2D eigenvalue weighted by molar-refractivity contribution is -0.143. The van der Waals surface area contributed by atoms with Crippen LogP contribution in [0.2, 0.25) is 0 Å². The maximum atomic E-state index is 11.1.